The van der Waals surface area contributed by atoms with Crippen LogP contribution in [0.3, 0.4) is 0 Å². The minimum Gasteiger partial charge on any atom is -0.398 e. The number of nitrogens with one attached hydrogen (secondary N) is 1. The Bertz CT molecular complexity index is 513. The summed E-state index contributed by atoms with van der Waals surface area (Å²) in [5.41, 5.74) is 7.04. The molecule has 0 heterocycles. The van der Waals surface area contributed by atoms with Crippen LogP contribution in [0.5, 0.6) is 0 Å². The molecule has 0 amide bonds. The molecule has 1 aromatic rings. The number of hydrogen-bond donors (Lipinski definition) is 2. The Kier molecular flexibility index (Phi) is 7.02. The zero-order chi connectivity index (χ0) is 15.0. The van der Waals surface area contributed by atoms with E-state index >= 15 is 0 Å². The topological polar surface area (TPSA) is 72.2 Å². The van der Waals surface area contributed by atoms with E-state index in [1.54, 1.807) is 18.2 Å². The summed E-state index contributed by atoms with van der Waals surface area (Å²) in [5.74, 6) is 0. The Morgan fingerprint density at radius 3 is 2.40 bits per heavy atom. The van der Waals surface area contributed by atoms with E-state index in [1.165, 1.54) is 25.7 Å². The molecule has 5 heteroatoms. The van der Waals surface area contributed by atoms with Gasteiger partial charge in [-0.1, -0.05) is 45.1 Å². The van der Waals surface area contributed by atoms with Gasteiger partial charge in [-0.15, -0.1) is 0 Å². The van der Waals surface area contributed by atoms with Crippen molar-refractivity contribution >= 4 is 15.7 Å². The second kappa shape index (κ2) is 8.27. The maximum absolute atomic E-state index is 12.1. The molecular weight excluding hydrogens is 272 g/mol. The third kappa shape index (κ3) is 5.51. The van der Waals surface area contributed by atoms with Gasteiger partial charge in [-0.05, 0) is 31.0 Å². The second-order valence-electron chi connectivity index (χ2n) is 5.21. The first-order valence-electron chi connectivity index (χ1n) is 7.33. The summed E-state index contributed by atoms with van der Waals surface area (Å²) >= 11 is 0. The lowest BCUT2D eigenvalue weighted by Crippen LogP contribution is -2.25. The number of benzene rings is 1. The third-order valence-electron chi connectivity index (χ3n) is 3.28. The predicted octanol–water partition coefficient (Wildman–Crippen LogP) is 3.22. The Hall–Kier alpha value is -1.07. The molecule has 0 aliphatic heterocycles. The quantitative estimate of drug-likeness (QED) is 0.543. The Morgan fingerprint density at radius 2 is 1.75 bits per heavy atom. The molecule has 3 N–H and O–H groups in total. The molecule has 0 spiro atoms. The lowest BCUT2D eigenvalue weighted by molar-refractivity contribution is 0.568. The van der Waals surface area contributed by atoms with Crippen molar-refractivity contribution in [3.63, 3.8) is 0 Å². The summed E-state index contributed by atoms with van der Waals surface area (Å²) in [6.07, 6.45) is 6.81. The van der Waals surface area contributed by atoms with Gasteiger partial charge in [0.2, 0.25) is 10.0 Å². The van der Waals surface area contributed by atoms with Gasteiger partial charge in [-0.25, -0.2) is 13.1 Å². The van der Waals surface area contributed by atoms with Gasteiger partial charge in [-0.2, -0.15) is 0 Å². The number of rotatable bonds is 9. The van der Waals surface area contributed by atoms with Crippen molar-refractivity contribution in [2.45, 2.75) is 57.3 Å². The van der Waals surface area contributed by atoms with Crippen LogP contribution in [0.15, 0.2) is 23.1 Å². The molecule has 0 aromatic heterocycles. The summed E-state index contributed by atoms with van der Waals surface area (Å²) < 4.78 is 26.8. The number of hydrogen-bond acceptors (Lipinski definition) is 3. The number of sulfonamides is 1. The molecule has 114 valence electrons. The molecule has 0 unspecified atom stereocenters. The smallest absolute Gasteiger partial charge is 0.242 e. The van der Waals surface area contributed by atoms with Crippen molar-refractivity contribution in [3.8, 4) is 0 Å². The summed E-state index contributed by atoms with van der Waals surface area (Å²) in [6.45, 7) is 4.54. The van der Waals surface area contributed by atoms with Crippen molar-refractivity contribution in [1.29, 1.82) is 0 Å². The number of anilines is 1. The van der Waals surface area contributed by atoms with Crippen LogP contribution in [-0.4, -0.2) is 15.0 Å². The van der Waals surface area contributed by atoms with Crippen molar-refractivity contribution < 1.29 is 8.42 Å². The van der Waals surface area contributed by atoms with Gasteiger partial charge < -0.3 is 5.73 Å². The first kappa shape index (κ1) is 17.0. The average Bonchev–Trinajstić information content (AvgIpc) is 2.37. The van der Waals surface area contributed by atoms with Crippen LogP contribution in [-0.2, 0) is 10.0 Å². The fourth-order valence-electron chi connectivity index (χ4n) is 2.10. The lowest BCUT2D eigenvalue weighted by atomic mass is 10.1. The van der Waals surface area contributed by atoms with Gasteiger partial charge in [0.05, 0.1) is 5.69 Å². The number of unbranched alkanes of at least 4 members (excludes halogenated alkanes) is 5. The first-order chi connectivity index (χ1) is 9.47. The maximum atomic E-state index is 12.1. The van der Waals surface area contributed by atoms with Crippen LogP contribution in [0.4, 0.5) is 5.69 Å². The molecule has 0 atom stereocenters. The Balaban J connectivity index is 2.42. The largest absolute Gasteiger partial charge is 0.398 e. The minimum absolute atomic E-state index is 0.175. The fourth-order valence-corrected chi connectivity index (χ4v) is 3.29. The van der Waals surface area contributed by atoms with Gasteiger partial charge in [-0.3, -0.25) is 0 Å². The van der Waals surface area contributed by atoms with E-state index in [0.29, 0.717) is 12.2 Å². The molecule has 0 aliphatic carbocycles. The lowest BCUT2D eigenvalue weighted by Gasteiger charge is -2.09. The molecule has 0 bridgehead atoms. The number of aryl methyl sites for hydroxylation is 1. The van der Waals surface area contributed by atoms with Crippen LogP contribution in [0.25, 0.3) is 0 Å². The molecule has 0 saturated heterocycles. The second-order valence-corrected chi connectivity index (χ2v) is 6.94. The first-order valence-corrected chi connectivity index (χ1v) is 8.81. The van der Waals surface area contributed by atoms with E-state index < -0.39 is 10.0 Å². The van der Waals surface area contributed by atoms with E-state index in [2.05, 4.69) is 11.6 Å². The van der Waals surface area contributed by atoms with Gasteiger partial charge in [0, 0.05) is 6.54 Å². The summed E-state index contributed by atoms with van der Waals surface area (Å²) in [5, 5.41) is 0. The molecule has 20 heavy (non-hydrogen) atoms. The normalized spacial score (nSPS) is 11.7. The van der Waals surface area contributed by atoms with Gasteiger partial charge in [0.15, 0.2) is 0 Å². The molecule has 0 fully saturated rings. The highest BCUT2D eigenvalue weighted by atomic mass is 32.2. The van der Waals surface area contributed by atoms with Crippen molar-refractivity contribution in [3.05, 3.63) is 23.8 Å². The average molecular weight is 298 g/mol. The molecular formula is C15H26N2O2S. The van der Waals surface area contributed by atoms with Crippen LogP contribution < -0.4 is 10.5 Å². The van der Waals surface area contributed by atoms with Gasteiger partial charge >= 0.3 is 0 Å². The highest BCUT2D eigenvalue weighted by Crippen LogP contribution is 2.19. The van der Waals surface area contributed by atoms with Crippen LogP contribution in [0.2, 0.25) is 0 Å². The molecule has 0 radical (unpaired) electrons. The summed E-state index contributed by atoms with van der Waals surface area (Å²) in [6, 6.07) is 5.00. The zero-order valence-corrected chi connectivity index (χ0v) is 13.3. The molecule has 0 saturated carbocycles. The van der Waals surface area contributed by atoms with Crippen LogP contribution in [0, 0.1) is 6.92 Å². The predicted molar refractivity (Wildman–Crippen MR) is 84.2 cm³/mol. The van der Waals surface area contributed by atoms with Crippen LogP contribution in [0.1, 0.15) is 51.0 Å². The maximum Gasteiger partial charge on any atom is 0.242 e. The van der Waals surface area contributed by atoms with Crippen molar-refractivity contribution in [1.82, 2.24) is 4.72 Å². The van der Waals surface area contributed by atoms with E-state index in [-0.39, 0.29) is 4.90 Å². The Labute approximate surface area is 122 Å². The van der Waals surface area contributed by atoms with E-state index in [1.807, 2.05) is 6.92 Å². The Morgan fingerprint density at radius 1 is 1.10 bits per heavy atom. The van der Waals surface area contributed by atoms with Gasteiger partial charge in [0.25, 0.3) is 0 Å². The zero-order valence-electron chi connectivity index (χ0n) is 12.5. The van der Waals surface area contributed by atoms with E-state index in [4.69, 9.17) is 5.73 Å². The number of nitrogens with two attached hydrogens (primary N) is 1. The molecule has 0 aliphatic rings. The van der Waals surface area contributed by atoms with Crippen molar-refractivity contribution in [2.75, 3.05) is 12.3 Å². The van der Waals surface area contributed by atoms with Gasteiger partial charge in [0.1, 0.15) is 4.90 Å². The highest BCUT2D eigenvalue weighted by molar-refractivity contribution is 7.89. The number of nitrogen functional groups attached to an aromatic ring is 1. The monoisotopic (exact) mass is 298 g/mol. The SMILES string of the molecule is CCCCCCCCNS(=O)(=O)c1ccc(C)cc1N. The molecule has 1 aromatic carbocycles. The molecule has 1 rings (SSSR count). The summed E-state index contributed by atoms with van der Waals surface area (Å²) in [4.78, 5) is 0.175. The standard InChI is InChI=1S/C15H26N2O2S/c1-3-4-5-6-7-8-11-17-20(18,19)15-10-9-13(2)12-14(15)16/h9-10,12,17H,3-8,11,16H2,1-2H3. The minimum atomic E-state index is -3.48. The summed E-state index contributed by atoms with van der Waals surface area (Å²) in [7, 11) is -3.48. The highest BCUT2D eigenvalue weighted by Gasteiger charge is 2.16. The molecule has 4 nitrogen and oxygen atoms in total. The van der Waals surface area contributed by atoms with Crippen molar-refractivity contribution in [2.24, 2.45) is 0 Å². The van der Waals surface area contributed by atoms with E-state index in [9.17, 15) is 8.42 Å². The van der Waals surface area contributed by atoms with Crippen LogP contribution >= 0.6 is 0 Å². The third-order valence-corrected chi connectivity index (χ3v) is 4.81. The fraction of sp³-hybridized carbons (Fsp3) is 0.600. The van der Waals surface area contributed by atoms with E-state index in [0.717, 1.165) is 18.4 Å².